The van der Waals surface area contributed by atoms with E-state index in [0.717, 1.165) is 11.4 Å². The molecule has 6 heteroatoms. The second-order valence-electron chi connectivity index (χ2n) is 7.32. The normalized spacial score (nSPS) is 11.9. The maximum atomic E-state index is 11.9. The number of phenols is 1. The van der Waals surface area contributed by atoms with Crippen molar-refractivity contribution < 1.29 is 9.90 Å². The van der Waals surface area contributed by atoms with Crippen LogP contribution in [-0.2, 0) is 7.05 Å². The van der Waals surface area contributed by atoms with Crippen LogP contribution in [-0.4, -0.2) is 31.0 Å². The molecule has 1 aromatic carbocycles. The lowest BCUT2D eigenvalue weighted by atomic mass is 10.1. The number of aryl methyl sites for hydroxylation is 1. The first-order valence-corrected chi connectivity index (χ1v) is 8.39. The lowest BCUT2D eigenvalue weighted by Gasteiger charge is -2.20. The van der Waals surface area contributed by atoms with Crippen LogP contribution in [0.15, 0.2) is 24.4 Å². The van der Waals surface area contributed by atoms with Crippen molar-refractivity contribution in [2.24, 2.45) is 7.05 Å². The molecule has 0 aliphatic heterocycles. The molecule has 0 saturated heterocycles. The van der Waals surface area contributed by atoms with E-state index in [0.29, 0.717) is 28.8 Å². The summed E-state index contributed by atoms with van der Waals surface area (Å²) in [6, 6.07) is 5.44. The summed E-state index contributed by atoms with van der Waals surface area (Å²) in [5, 5.41) is 13.8. The van der Waals surface area contributed by atoms with E-state index >= 15 is 0 Å². The summed E-state index contributed by atoms with van der Waals surface area (Å²) in [6.45, 7) is 8.08. The Balaban J connectivity index is 2.05. The van der Waals surface area contributed by atoms with Crippen LogP contribution < -0.4 is 5.32 Å². The monoisotopic (exact) mass is 340 g/mol. The molecule has 0 bridgehead atoms. The first kappa shape index (κ1) is 17.1. The summed E-state index contributed by atoms with van der Waals surface area (Å²) in [6.07, 6.45) is 2.34. The molecule has 0 atom stereocenters. The molecule has 0 unspecified atom stereocenters. The van der Waals surface area contributed by atoms with Crippen LogP contribution in [0.2, 0.25) is 0 Å². The Morgan fingerprint density at radius 3 is 2.72 bits per heavy atom. The third-order valence-electron chi connectivity index (χ3n) is 4.02. The van der Waals surface area contributed by atoms with Crippen molar-refractivity contribution in [3.63, 3.8) is 0 Å². The number of aromatic nitrogens is 3. The van der Waals surface area contributed by atoms with Crippen LogP contribution in [0.25, 0.3) is 22.6 Å². The molecule has 0 aliphatic carbocycles. The van der Waals surface area contributed by atoms with Gasteiger partial charge in [0.1, 0.15) is 5.52 Å². The quantitative estimate of drug-likeness (QED) is 0.625. The zero-order valence-corrected chi connectivity index (χ0v) is 15.3. The molecule has 0 radical (unpaired) electrons. The molecule has 0 spiro atoms. The van der Waals surface area contributed by atoms with Crippen LogP contribution in [0, 0.1) is 0 Å². The highest BCUT2D eigenvalue weighted by atomic mass is 16.3. The van der Waals surface area contributed by atoms with E-state index in [-0.39, 0.29) is 17.1 Å². The number of aromatic hydroxyl groups is 1. The fourth-order valence-electron chi connectivity index (χ4n) is 2.90. The van der Waals surface area contributed by atoms with Gasteiger partial charge in [0.25, 0.3) is 0 Å². The zero-order chi connectivity index (χ0) is 18.4. The van der Waals surface area contributed by atoms with Crippen LogP contribution in [0.5, 0.6) is 5.75 Å². The third kappa shape index (κ3) is 3.24. The van der Waals surface area contributed by atoms with Crippen molar-refractivity contribution >= 4 is 22.5 Å². The van der Waals surface area contributed by atoms with Crippen molar-refractivity contribution in [1.29, 1.82) is 0 Å². The largest absolute Gasteiger partial charge is 0.505 e. The molecule has 0 saturated carbocycles. The van der Waals surface area contributed by atoms with Gasteiger partial charge in [0, 0.05) is 25.2 Å². The maximum Gasteiger partial charge on any atom is 0.166 e. The van der Waals surface area contributed by atoms with E-state index in [2.05, 4.69) is 36.1 Å². The number of aromatic amines is 1. The molecule has 0 fully saturated rings. The minimum atomic E-state index is -0.0977. The van der Waals surface area contributed by atoms with E-state index in [4.69, 9.17) is 0 Å². The van der Waals surface area contributed by atoms with E-state index in [1.807, 2.05) is 23.9 Å². The van der Waals surface area contributed by atoms with Crippen molar-refractivity contribution in [2.45, 2.75) is 39.7 Å². The molecule has 3 rings (SSSR count). The van der Waals surface area contributed by atoms with Crippen molar-refractivity contribution in [2.75, 3.05) is 5.32 Å². The Morgan fingerprint density at radius 1 is 1.36 bits per heavy atom. The van der Waals surface area contributed by atoms with Crippen molar-refractivity contribution in [3.05, 3.63) is 30.0 Å². The number of imidazole rings is 1. The molecule has 3 aromatic rings. The van der Waals surface area contributed by atoms with E-state index < -0.39 is 0 Å². The van der Waals surface area contributed by atoms with Gasteiger partial charge in [-0.1, -0.05) is 6.92 Å². The first-order valence-electron chi connectivity index (χ1n) is 8.39. The van der Waals surface area contributed by atoms with Crippen LogP contribution in [0.1, 0.15) is 44.5 Å². The summed E-state index contributed by atoms with van der Waals surface area (Å²) in [5.74, 6) is 0.490. The molecule has 0 amide bonds. The van der Waals surface area contributed by atoms with Gasteiger partial charge in [0.05, 0.1) is 22.5 Å². The van der Waals surface area contributed by atoms with Gasteiger partial charge in [-0.05, 0) is 39.0 Å². The predicted molar refractivity (Wildman–Crippen MR) is 100 cm³/mol. The Hall–Kier alpha value is -2.76. The van der Waals surface area contributed by atoms with Crippen LogP contribution in [0.4, 0.5) is 5.69 Å². The van der Waals surface area contributed by atoms with E-state index in [1.165, 1.54) is 0 Å². The summed E-state index contributed by atoms with van der Waals surface area (Å²) in [4.78, 5) is 19.7. The van der Waals surface area contributed by atoms with Crippen molar-refractivity contribution in [1.82, 2.24) is 14.5 Å². The van der Waals surface area contributed by atoms with Gasteiger partial charge in [-0.25, -0.2) is 4.98 Å². The molecule has 2 aromatic heterocycles. The van der Waals surface area contributed by atoms with Gasteiger partial charge in [0.2, 0.25) is 0 Å². The number of phenolic OH excluding ortho intramolecular Hbond substituents is 1. The maximum absolute atomic E-state index is 11.9. The predicted octanol–water partition coefficient (Wildman–Crippen LogP) is 4.08. The standard InChI is InChI=1S/C19H24N4O2/c1-6-15(24)12-7-8-13-16(17(12)25)21-18(20-13)14-9-11(10-23(14)5)22-19(2,3)4/h7-10,22,25H,6H2,1-5H3,(H,20,21). The Labute approximate surface area is 146 Å². The Kier molecular flexibility index (Phi) is 4.06. The van der Waals surface area contributed by atoms with Gasteiger partial charge in [0.15, 0.2) is 17.4 Å². The number of carbonyl (C=O) groups is 1. The van der Waals surface area contributed by atoms with Gasteiger partial charge in [-0.2, -0.15) is 0 Å². The SMILES string of the molecule is CCC(=O)c1ccc2[nH]c(-c3cc(NC(C)(C)C)cn3C)nc2c1O. The second-order valence-corrected chi connectivity index (χ2v) is 7.32. The minimum Gasteiger partial charge on any atom is -0.505 e. The summed E-state index contributed by atoms with van der Waals surface area (Å²) in [5.41, 5.74) is 3.28. The van der Waals surface area contributed by atoms with Crippen LogP contribution >= 0.6 is 0 Å². The topological polar surface area (TPSA) is 82.9 Å². The lowest BCUT2D eigenvalue weighted by molar-refractivity contribution is 0.0986. The Morgan fingerprint density at radius 2 is 2.08 bits per heavy atom. The molecular weight excluding hydrogens is 316 g/mol. The fraction of sp³-hybridized carbons (Fsp3) is 0.368. The molecule has 132 valence electrons. The number of ketones is 1. The molecule has 0 aliphatic rings. The zero-order valence-electron chi connectivity index (χ0n) is 15.3. The van der Waals surface area contributed by atoms with Gasteiger partial charge < -0.3 is 20.0 Å². The van der Waals surface area contributed by atoms with Gasteiger partial charge in [-0.15, -0.1) is 0 Å². The average molecular weight is 340 g/mol. The number of benzene rings is 1. The van der Waals surface area contributed by atoms with Crippen molar-refractivity contribution in [3.8, 4) is 17.3 Å². The highest BCUT2D eigenvalue weighted by Gasteiger charge is 2.18. The first-order chi connectivity index (χ1) is 11.7. The number of hydrogen-bond donors (Lipinski definition) is 3. The number of hydrogen-bond acceptors (Lipinski definition) is 4. The number of Topliss-reactive ketones (excluding diaryl/α,β-unsaturated/α-hetero) is 1. The minimum absolute atomic E-state index is 0.0415. The summed E-state index contributed by atoms with van der Waals surface area (Å²) >= 11 is 0. The third-order valence-corrected chi connectivity index (χ3v) is 4.02. The molecular formula is C19H24N4O2. The molecule has 25 heavy (non-hydrogen) atoms. The highest BCUT2D eigenvalue weighted by molar-refractivity contribution is 6.03. The van der Waals surface area contributed by atoms with E-state index in [9.17, 15) is 9.90 Å². The number of fused-ring (bicyclic) bond motifs is 1. The highest BCUT2D eigenvalue weighted by Crippen LogP contribution is 2.31. The molecule has 6 nitrogen and oxygen atoms in total. The van der Waals surface area contributed by atoms with E-state index in [1.54, 1.807) is 19.1 Å². The summed E-state index contributed by atoms with van der Waals surface area (Å²) < 4.78 is 1.97. The van der Waals surface area contributed by atoms with Gasteiger partial charge >= 0.3 is 0 Å². The number of nitrogens with one attached hydrogen (secondary N) is 2. The second kappa shape index (κ2) is 5.95. The fourth-order valence-corrected chi connectivity index (χ4v) is 2.90. The smallest absolute Gasteiger partial charge is 0.166 e. The molecule has 2 heterocycles. The number of nitrogens with zero attached hydrogens (tertiary/aromatic N) is 2. The lowest BCUT2D eigenvalue weighted by Crippen LogP contribution is -2.25. The Bertz CT molecular complexity index is 944. The molecule has 3 N–H and O–H groups in total. The number of H-pyrrole nitrogens is 1. The number of carbonyl (C=O) groups excluding carboxylic acids is 1. The van der Waals surface area contributed by atoms with Gasteiger partial charge in [-0.3, -0.25) is 4.79 Å². The van der Waals surface area contributed by atoms with Crippen LogP contribution in [0.3, 0.4) is 0 Å². The summed E-state index contributed by atoms with van der Waals surface area (Å²) in [7, 11) is 1.95. The number of anilines is 1. The average Bonchev–Trinajstić information content (AvgIpc) is 3.09. The number of rotatable bonds is 4.